The Balaban J connectivity index is 1.16. The second-order valence-corrected chi connectivity index (χ2v) is 22.2. The van der Waals surface area contributed by atoms with E-state index >= 15 is 0 Å². The number of hydrogen-bond acceptors (Lipinski definition) is 2. The van der Waals surface area contributed by atoms with Crippen LogP contribution in [-0.2, 0) is 0 Å². The van der Waals surface area contributed by atoms with Crippen LogP contribution in [0, 0.1) is 0 Å². The van der Waals surface area contributed by atoms with Crippen molar-refractivity contribution < 1.29 is 0 Å². The van der Waals surface area contributed by atoms with Gasteiger partial charge < -0.3 is 9.30 Å². The number of aromatic nitrogens is 1. The van der Waals surface area contributed by atoms with E-state index in [4.69, 9.17) is 0 Å². The molecule has 0 radical (unpaired) electrons. The van der Waals surface area contributed by atoms with Gasteiger partial charge in [-0.1, -0.05) is 153 Å². The van der Waals surface area contributed by atoms with Gasteiger partial charge in [0.05, 0.1) is 22.2 Å². The molecular formula is C56H38N2SSi. The highest BCUT2D eigenvalue weighted by Crippen LogP contribution is 2.48. The Morgan fingerprint density at radius 2 is 1.05 bits per heavy atom. The summed E-state index contributed by atoms with van der Waals surface area (Å²) in [6.07, 6.45) is 0. The molecule has 282 valence electrons. The third-order valence-corrected chi connectivity index (χ3v) is 18.0. The molecule has 0 saturated heterocycles. The summed E-state index contributed by atoms with van der Waals surface area (Å²) in [7, 11) is -1.95. The first-order valence-electron chi connectivity index (χ1n) is 20.9. The Kier molecular flexibility index (Phi) is 7.08. The van der Waals surface area contributed by atoms with Crippen molar-refractivity contribution in [1.29, 1.82) is 0 Å². The maximum absolute atomic E-state index is 2.57. The molecule has 0 amide bonds. The Hall–Kier alpha value is -6.98. The summed E-state index contributed by atoms with van der Waals surface area (Å²) in [5, 5.41) is 13.3. The number of fused-ring (bicyclic) bond motifs is 11. The highest BCUT2D eigenvalue weighted by molar-refractivity contribution is 7.26. The van der Waals surface area contributed by atoms with E-state index in [1.165, 1.54) is 107 Å². The highest BCUT2D eigenvalue weighted by Gasteiger charge is 2.38. The molecule has 0 spiro atoms. The van der Waals surface area contributed by atoms with Crippen molar-refractivity contribution in [3.05, 3.63) is 194 Å². The van der Waals surface area contributed by atoms with Gasteiger partial charge >= 0.3 is 0 Å². The predicted octanol–water partition coefficient (Wildman–Crippen LogP) is 14.9. The molecule has 12 aromatic rings. The average Bonchev–Trinajstić information content (AvgIpc) is 3.93. The molecule has 0 aliphatic carbocycles. The molecule has 0 saturated carbocycles. The second kappa shape index (κ2) is 12.5. The van der Waals surface area contributed by atoms with Crippen LogP contribution in [0.1, 0.15) is 0 Å². The normalized spacial score (nSPS) is 13.3. The maximum atomic E-state index is 2.57. The molecule has 3 aromatic heterocycles. The van der Waals surface area contributed by atoms with Crippen LogP contribution < -0.4 is 15.3 Å². The van der Waals surface area contributed by atoms with Gasteiger partial charge in [0.2, 0.25) is 0 Å². The molecule has 1 aliphatic heterocycles. The fraction of sp³-hybridized carbons (Fsp3) is 0.0357. The van der Waals surface area contributed by atoms with Gasteiger partial charge in [-0.3, -0.25) is 0 Å². The molecule has 0 atom stereocenters. The molecule has 13 rings (SSSR count). The third kappa shape index (κ3) is 4.63. The zero-order valence-corrected chi connectivity index (χ0v) is 35.1. The lowest BCUT2D eigenvalue weighted by molar-refractivity contribution is 1.29. The minimum atomic E-state index is -1.95. The summed E-state index contributed by atoms with van der Waals surface area (Å²) in [6.45, 7) is 5.02. The molecule has 4 heterocycles. The van der Waals surface area contributed by atoms with Crippen LogP contribution in [0.3, 0.4) is 0 Å². The van der Waals surface area contributed by atoms with E-state index in [0.29, 0.717) is 0 Å². The minimum absolute atomic E-state index is 1.14. The number of para-hydroxylation sites is 2. The first kappa shape index (κ1) is 33.9. The number of thiophene rings is 1. The Morgan fingerprint density at radius 1 is 0.417 bits per heavy atom. The summed E-state index contributed by atoms with van der Waals surface area (Å²) in [6, 6.07) is 72.9. The standard InChI is InChI=1S/C56H38N2SSi/c1-60(2)52-26-13-10-21-42(52)43-29-27-37(34-53(43)60)57(47-23-11-8-17-38(47)35-15-4-3-5-16-35)36-28-31-49-46(33-36)45-30-32-51-55-54-44(22-14-25-50(54)59-51)40-19-7-6-18-39(40)41-20-9-12-24-48(41)58(49)56(45)55/h3-34H,1-2H3. The van der Waals surface area contributed by atoms with E-state index in [2.05, 4.69) is 217 Å². The SMILES string of the molecule is C[Si]1(C)c2ccccc2-c2ccc(N(c3ccc4c(c3)c3ccc5sc6cccc7c8ccccc8c8ccccc8n4c3c5c67)c3ccccc3-c3ccccc3)cc21. The van der Waals surface area contributed by atoms with Crippen LogP contribution in [0.15, 0.2) is 194 Å². The fourth-order valence-electron chi connectivity index (χ4n) is 10.6. The largest absolute Gasteiger partial charge is 0.310 e. The lowest BCUT2D eigenvalue weighted by atomic mass is 10.00. The van der Waals surface area contributed by atoms with Gasteiger partial charge in [-0.05, 0) is 97.8 Å². The molecular weight excluding hydrogens is 761 g/mol. The Bertz CT molecular complexity index is 3750. The molecule has 0 unspecified atom stereocenters. The summed E-state index contributed by atoms with van der Waals surface area (Å²) < 4.78 is 5.21. The van der Waals surface area contributed by atoms with Crippen LogP contribution in [0.5, 0.6) is 0 Å². The third-order valence-electron chi connectivity index (χ3n) is 13.3. The minimum Gasteiger partial charge on any atom is -0.310 e. The first-order valence-corrected chi connectivity index (χ1v) is 24.7. The molecule has 4 heteroatoms. The van der Waals surface area contributed by atoms with E-state index in [0.717, 1.165) is 11.4 Å². The van der Waals surface area contributed by atoms with Crippen LogP contribution in [0.25, 0.3) is 91.3 Å². The van der Waals surface area contributed by atoms with Crippen LogP contribution in [0.2, 0.25) is 13.1 Å². The lowest BCUT2D eigenvalue weighted by Gasteiger charge is -2.29. The summed E-state index contributed by atoms with van der Waals surface area (Å²) >= 11 is 1.90. The second-order valence-electron chi connectivity index (χ2n) is 16.8. The molecule has 60 heavy (non-hydrogen) atoms. The van der Waals surface area contributed by atoms with Crippen molar-refractivity contribution in [2.45, 2.75) is 13.1 Å². The van der Waals surface area contributed by atoms with E-state index < -0.39 is 8.07 Å². The van der Waals surface area contributed by atoms with Crippen LogP contribution >= 0.6 is 11.3 Å². The quantitative estimate of drug-likeness (QED) is 0.161. The summed E-state index contributed by atoms with van der Waals surface area (Å²) in [4.78, 5) is 2.52. The van der Waals surface area contributed by atoms with Crippen molar-refractivity contribution in [2.75, 3.05) is 4.90 Å². The van der Waals surface area contributed by atoms with Crippen molar-refractivity contribution in [3.63, 3.8) is 0 Å². The topological polar surface area (TPSA) is 7.65 Å². The van der Waals surface area contributed by atoms with E-state index in [9.17, 15) is 0 Å². The van der Waals surface area contributed by atoms with Crippen molar-refractivity contribution in [2.24, 2.45) is 0 Å². The van der Waals surface area contributed by atoms with Gasteiger partial charge in [0.15, 0.2) is 0 Å². The molecule has 0 bridgehead atoms. The zero-order chi connectivity index (χ0) is 39.7. The average molecular weight is 799 g/mol. The zero-order valence-electron chi connectivity index (χ0n) is 33.3. The van der Waals surface area contributed by atoms with Crippen LogP contribution in [-0.4, -0.2) is 12.5 Å². The van der Waals surface area contributed by atoms with Crippen molar-refractivity contribution in [1.82, 2.24) is 4.40 Å². The van der Waals surface area contributed by atoms with E-state index in [-0.39, 0.29) is 0 Å². The van der Waals surface area contributed by atoms with Gasteiger partial charge in [0.1, 0.15) is 8.07 Å². The van der Waals surface area contributed by atoms with E-state index in [1.54, 1.807) is 0 Å². The number of rotatable bonds is 4. The monoisotopic (exact) mass is 798 g/mol. The van der Waals surface area contributed by atoms with E-state index in [1.807, 2.05) is 11.3 Å². The number of benzene rings is 9. The van der Waals surface area contributed by atoms with Crippen LogP contribution in [0.4, 0.5) is 17.1 Å². The molecule has 1 aliphatic rings. The smallest absolute Gasteiger partial charge is 0.113 e. The van der Waals surface area contributed by atoms with Crippen molar-refractivity contribution >= 4 is 116 Å². The van der Waals surface area contributed by atoms with Gasteiger partial charge in [-0.15, -0.1) is 11.3 Å². The van der Waals surface area contributed by atoms with Gasteiger partial charge in [-0.25, -0.2) is 0 Å². The fourth-order valence-corrected chi connectivity index (χ4v) is 14.9. The molecule has 2 nitrogen and oxygen atoms in total. The number of anilines is 3. The number of nitrogens with zero attached hydrogens (tertiary/aromatic N) is 2. The highest BCUT2D eigenvalue weighted by atomic mass is 32.1. The maximum Gasteiger partial charge on any atom is 0.113 e. The molecule has 0 fully saturated rings. The van der Waals surface area contributed by atoms with Gasteiger partial charge in [0.25, 0.3) is 0 Å². The Morgan fingerprint density at radius 3 is 1.92 bits per heavy atom. The predicted molar refractivity (Wildman–Crippen MR) is 263 cm³/mol. The lowest BCUT2D eigenvalue weighted by Crippen LogP contribution is -2.49. The summed E-state index contributed by atoms with van der Waals surface area (Å²) in [5.41, 5.74) is 12.4. The molecule has 9 aromatic carbocycles. The van der Waals surface area contributed by atoms with Crippen molar-refractivity contribution in [3.8, 4) is 22.3 Å². The van der Waals surface area contributed by atoms with Gasteiger partial charge in [0, 0.05) is 53.3 Å². The Labute approximate surface area is 352 Å². The summed E-state index contributed by atoms with van der Waals surface area (Å²) in [5.74, 6) is 0. The first-order chi connectivity index (χ1) is 29.5. The number of hydrogen-bond donors (Lipinski definition) is 0. The van der Waals surface area contributed by atoms with Gasteiger partial charge in [-0.2, -0.15) is 0 Å². The molecule has 0 N–H and O–H groups in total.